The van der Waals surface area contributed by atoms with Gasteiger partial charge in [-0.1, -0.05) is 15.9 Å². The van der Waals surface area contributed by atoms with Crippen molar-refractivity contribution in [3.05, 3.63) is 34.4 Å². The number of nitrogens with zero attached hydrogens (tertiary/aromatic N) is 3. The van der Waals surface area contributed by atoms with E-state index in [0.29, 0.717) is 18.7 Å². The number of carbonyl (C=O) groups is 2. The van der Waals surface area contributed by atoms with Crippen LogP contribution in [0.2, 0.25) is 0 Å². The number of rotatable bonds is 5. The molecule has 2 aromatic rings. The lowest BCUT2D eigenvalue weighted by Crippen LogP contribution is -2.47. The zero-order valence-electron chi connectivity index (χ0n) is 13.9. The number of fused-ring (bicyclic) bond motifs is 1. The first-order valence-corrected chi connectivity index (χ1v) is 8.81. The van der Waals surface area contributed by atoms with Crippen LogP contribution in [0.15, 0.2) is 28.9 Å². The Morgan fingerprint density at radius 3 is 2.48 bits per heavy atom. The minimum atomic E-state index is -0.960. The summed E-state index contributed by atoms with van der Waals surface area (Å²) in [5, 5.41) is 19.8. The molecule has 2 N–H and O–H groups in total. The molecule has 134 valence electrons. The van der Waals surface area contributed by atoms with Crippen molar-refractivity contribution in [2.45, 2.75) is 12.6 Å². The lowest BCUT2D eigenvalue weighted by atomic mass is 10.0. The van der Waals surface area contributed by atoms with Crippen molar-refractivity contribution in [1.82, 2.24) is 14.4 Å². The number of carboxylic acid groups (broad SMARTS) is 2. The monoisotopic (exact) mass is 409 g/mol. The molecular weight excluding hydrogens is 390 g/mol. The number of piperazine rings is 1. The minimum absolute atomic E-state index is 0.201. The lowest BCUT2D eigenvalue weighted by molar-refractivity contribution is -0.144. The van der Waals surface area contributed by atoms with Gasteiger partial charge in [-0.25, -0.2) is 0 Å². The predicted octanol–water partition coefficient (Wildman–Crippen LogP) is 1.86. The highest BCUT2D eigenvalue weighted by molar-refractivity contribution is 9.10. The largest absolute Gasteiger partial charge is 0.480 e. The van der Waals surface area contributed by atoms with E-state index in [9.17, 15) is 14.7 Å². The molecule has 1 fully saturated rings. The second-order valence-corrected chi connectivity index (χ2v) is 7.26. The van der Waals surface area contributed by atoms with Crippen LogP contribution in [-0.2, 0) is 16.1 Å². The Morgan fingerprint density at radius 2 is 1.88 bits per heavy atom. The van der Waals surface area contributed by atoms with Crippen LogP contribution in [0.3, 0.4) is 0 Å². The molecule has 1 atom stereocenters. The Labute approximate surface area is 153 Å². The van der Waals surface area contributed by atoms with Crippen molar-refractivity contribution < 1.29 is 19.8 Å². The Bertz CT molecular complexity index is 812. The Hall–Kier alpha value is -1.90. The highest BCUT2D eigenvalue weighted by Crippen LogP contribution is 2.33. The molecule has 0 aliphatic carbocycles. The summed E-state index contributed by atoms with van der Waals surface area (Å²) in [6.45, 7) is 2.73. The van der Waals surface area contributed by atoms with Crippen molar-refractivity contribution in [2.75, 3.05) is 33.2 Å². The smallest absolute Gasteiger partial charge is 0.325 e. The first kappa shape index (κ1) is 17.9. The van der Waals surface area contributed by atoms with E-state index in [1.165, 1.54) is 0 Å². The number of carboxylic acids is 2. The number of halogens is 1. The predicted molar refractivity (Wildman–Crippen MR) is 96.7 cm³/mol. The van der Waals surface area contributed by atoms with Gasteiger partial charge in [0.2, 0.25) is 0 Å². The maximum atomic E-state index is 12.0. The first-order valence-electron chi connectivity index (χ1n) is 8.02. The van der Waals surface area contributed by atoms with E-state index in [4.69, 9.17) is 5.11 Å². The third-order valence-electron chi connectivity index (χ3n) is 4.61. The molecule has 25 heavy (non-hydrogen) atoms. The van der Waals surface area contributed by atoms with Gasteiger partial charge in [0.25, 0.3) is 0 Å². The zero-order valence-corrected chi connectivity index (χ0v) is 15.4. The number of aliphatic carboxylic acids is 2. The molecular formula is C17H20BrN3O4. The molecule has 3 rings (SSSR count). The SMILES string of the molecule is CN1CCN([C@H](C(=O)O)c2cn(CC(=O)O)c3ccc(Br)cc23)CC1. The van der Waals surface area contributed by atoms with Crippen LogP contribution in [0.5, 0.6) is 0 Å². The maximum Gasteiger partial charge on any atom is 0.325 e. The molecule has 1 aliphatic heterocycles. The maximum absolute atomic E-state index is 12.0. The molecule has 0 saturated carbocycles. The normalized spacial score (nSPS) is 17.7. The molecule has 1 aliphatic rings. The number of benzene rings is 1. The van der Waals surface area contributed by atoms with E-state index >= 15 is 0 Å². The van der Waals surface area contributed by atoms with E-state index < -0.39 is 18.0 Å². The van der Waals surface area contributed by atoms with Gasteiger partial charge in [0.05, 0.1) is 0 Å². The zero-order chi connectivity index (χ0) is 18.1. The number of hydrogen-bond acceptors (Lipinski definition) is 4. The molecule has 2 heterocycles. The minimum Gasteiger partial charge on any atom is -0.480 e. The summed E-state index contributed by atoms with van der Waals surface area (Å²) in [7, 11) is 2.02. The number of likely N-dealkylation sites (N-methyl/N-ethyl adjacent to an activating group) is 1. The Balaban J connectivity index is 2.09. The van der Waals surface area contributed by atoms with Gasteiger partial charge in [0.15, 0.2) is 0 Å². The average molecular weight is 410 g/mol. The molecule has 1 aromatic heterocycles. The Morgan fingerprint density at radius 1 is 1.20 bits per heavy atom. The summed E-state index contributed by atoms with van der Waals surface area (Å²) in [5.74, 6) is -1.88. The van der Waals surface area contributed by atoms with E-state index in [1.54, 1.807) is 10.8 Å². The average Bonchev–Trinajstić information content (AvgIpc) is 2.86. The van der Waals surface area contributed by atoms with Crippen LogP contribution in [0.25, 0.3) is 10.9 Å². The van der Waals surface area contributed by atoms with Gasteiger partial charge in [-0.05, 0) is 25.2 Å². The van der Waals surface area contributed by atoms with Crippen molar-refractivity contribution in [3.63, 3.8) is 0 Å². The van der Waals surface area contributed by atoms with Gasteiger partial charge in [-0.15, -0.1) is 0 Å². The molecule has 0 spiro atoms. The van der Waals surface area contributed by atoms with Crippen molar-refractivity contribution >= 4 is 38.8 Å². The summed E-state index contributed by atoms with van der Waals surface area (Å²) in [5.41, 5.74) is 1.36. The van der Waals surface area contributed by atoms with Crippen molar-refractivity contribution in [2.24, 2.45) is 0 Å². The van der Waals surface area contributed by atoms with Gasteiger partial charge in [0, 0.05) is 53.3 Å². The highest BCUT2D eigenvalue weighted by Gasteiger charge is 2.32. The van der Waals surface area contributed by atoms with E-state index in [0.717, 1.165) is 28.5 Å². The summed E-state index contributed by atoms with van der Waals surface area (Å²) in [6.07, 6.45) is 1.67. The molecule has 0 amide bonds. The molecule has 7 nitrogen and oxygen atoms in total. The van der Waals surface area contributed by atoms with Crippen molar-refractivity contribution in [3.8, 4) is 0 Å². The van der Waals surface area contributed by atoms with Crippen LogP contribution >= 0.6 is 15.9 Å². The molecule has 1 saturated heterocycles. The topological polar surface area (TPSA) is 86.0 Å². The third kappa shape index (κ3) is 3.70. The number of hydrogen-bond donors (Lipinski definition) is 2. The molecule has 8 heteroatoms. The fraction of sp³-hybridized carbons (Fsp3) is 0.412. The standard InChI is InChI=1S/C17H20BrN3O4/c1-19-4-6-20(7-5-19)16(17(24)25)13-9-21(10-15(22)23)14-3-2-11(18)8-12(13)14/h2-3,8-9,16H,4-7,10H2,1H3,(H,22,23)(H,24,25)/t16-/m0/s1. The summed E-state index contributed by atoms with van der Waals surface area (Å²) in [6, 6.07) is 4.71. The van der Waals surface area contributed by atoms with Crippen molar-refractivity contribution in [1.29, 1.82) is 0 Å². The van der Waals surface area contributed by atoms with Crippen LogP contribution in [0, 0.1) is 0 Å². The van der Waals surface area contributed by atoms with Gasteiger partial charge < -0.3 is 19.7 Å². The van der Waals surface area contributed by atoms with Crippen LogP contribution in [0.4, 0.5) is 0 Å². The summed E-state index contributed by atoms with van der Waals surface area (Å²) < 4.78 is 2.43. The molecule has 0 bridgehead atoms. The third-order valence-corrected chi connectivity index (χ3v) is 5.10. The fourth-order valence-corrected chi connectivity index (χ4v) is 3.72. The molecule has 0 unspecified atom stereocenters. The van der Waals surface area contributed by atoms with Crippen LogP contribution in [-0.4, -0.2) is 69.7 Å². The van der Waals surface area contributed by atoms with E-state index in [1.807, 2.05) is 30.1 Å². The second kappa shape index (κ2) is 7.15. The van der Waals surface area contributed by atoms with Gasteiger partial charge in [-0.2, -0.15) is 0 Å². The first-order chi connectivity index (χ1) is 11.9. The Kier molecular flexibility index (Phi) is 5.12. The second-order valence-electron chi connectivity index (χ2n) is 6.35. The van der Waals surface area contributed by atoms with Crippen LogP contribution in [0.1, 0.15) is 11.6 Å². The lowest BCUT2D eigenvalue weighted by Gasteiger charge is -2.36. The fourth-order valence-electron chi connectivity index (χ4n) is 3.36. The van der Waals surface area contributed by atoms with Gasteiger partial charge in [0.1, 0.15) is 12.6 Å². The van der Waals surface area contributed by atoms with Gasteiger partial charge in [-0.3, -0.25) is 14.5 Å². The highest BCUT2D eigenvalue weighted by atomic mass is 79.9. The molecule has 0 radical (unpaired) electrons. The number of aromatic nitrogens is 1. The van der Waals surface area contributed by atoms with E-state index in [2.05, 4.69) is 20.8 Å². The summed E-state index contributed by atoms with van der Waals surface area (Å²) >= 11 is 3.42. The quantitative estimate of drug-likeness (QED) is 0.783. The molecule has 1 aromatic carbocycles. The van der Waals surface area contributed by atoms with Gasteiger partial charge >= 0.3 is 11.9 Å². The summed E-state index contributed by atoms with van der Waals surface area (Å²) in [4.78, 5) is 27.3. The van der Waals surface area contributed by atoms with Crippen LogP contribution < -0.4 is 0 Å². The van der Waals surface area contributed by atoms with E-state index in [-0.39, 0.29) is 6.54 Å².